The van der Waals surface area contributed by atoms with Crippen LogP contribution in [0, 0.1) is 6.92 Å². The summed E-state index contributed by atoms with van der Waals surface area (Å²) in [5, 5.41) is 12.9. The fraction of sp³-hybridized carbons (Fsp3) is 0.550. The summed E-state index contributed by atoms with van der Waals surface area (Å²) in [6.07, 6.45) is 2.90. The van der Waals surface area contributed by atoms with Crippen molar-refractivity contribution in [1.82, 2.24) is 34.6 Å². The molecule has 30 heavy (non-hydrogen) atoms. The van der Waals surface area contributed by atoms with Crippen LogP contribution in [0.2, 0.25) is 0 Å². The maximum Gasteiger partial charge on any atom is 0.278 e. The lowest BCUT2D eigenvalue weighted by molar-refractivity contribution is 0.0795. The van der Waals surface area contributed by atoms with E-state index >= 15 is 0 Å². The van der Waals surface area contributed by atoms with E-state index in [0.29, 0.717) is 49.2 Å². The van der Waals surface area contributed by atoms with Crippen LogP contribution < -0.4 is 0 Å². The van der Waals surface area contributed by atoms with Crippen molar-refractivity contribution < 1.29 is 14.1 Å². The number of hydrogen-bond donors (Lipinski definition) is 0. The van der Waals surface area contributed by atoms with Gasteiger partial charge in [-0.2, -0.15) is 15.2 Å². The first-order chi connectivity index (χ1) is 14.4. The van der Waals surface area contributed by atoms with Gasteiger partial charge in [0.1, 0.15) is 0 Å². The van der Waals surface area contributed by atoms with Gasteiger partial charge in [0.2, 0.25) is 0 Å². The predicted octanol–water partition coefficient (Wildman–Crippen LogP) is 1.94. The monoisotopic (exact) mass is 413 g/mol. The SMILES string of the molecule is Cc1c(C(=O)N(C)CCc2noc(-c3nn(C(C)C)c4c3COCC4)n2)cnn1C. The standard InChI is InChI=1S/C20H27N7O3/c1-12(2)27-16-7-9-29-11-15(16)18(23-27)19-22-17(24-30-19)6-8-25(4)20(28)14-10-21-26(5)13(14)3/h10,12H,6-9,11H2,1-5H3. The molecule has 3 aromatic rings. The third kappa shape index (κ3) is 3.62. The summed E-state index contributed by atoms with van der Waals surface area (Å²) in [6.45, 7) is 7.73. The fourth-order valence-electron chi connectivity index (χ4n) is 3.60. The Bertz CT molecular complexity index is 1060. The lowest BCUT2D eigenvalue weighted by Crippen LogP contribution is -2.29. The zero-order valence-electron chi connectivity index (χ0n) is 18.0. The Hall–Kier alpha value is -3.01. The quantitative estimate of drug-likeness (QED) is 0.608. The predicted molar refractivity (Wildman–Crippen MR) is 108 cm³/mol. The average molecular weight is 413 g/mol. The van der Waals surface area contributed by atoms with Crippen LogP contribution in [0.1, 0.15) is 53.0 Å². The molecule has 0 aromatic carbocycles. The minimum absolute atomic E-state index is 0.0776. The largest absolute Gasteiger partial charge is 0.376 e. The zero-order chi connectivity index (χ0) is 21.4. The highest BCUT2D eigenvalue weighted by molar-refractivity contribution is 5.94. The second kappa shape index (κ2) is 8.02. The Morgan fingerprint density at radius 1 is 1.37 bits per heavy atom. The Labute approximate surface area is 174 Å². The molecule has 1 amide bonds. The van der Waals surface area contributed by atoms with E-state index in [2.05, 4.69) is 29.1 Å². The molecule has 0 N–H and O–H groups in total. The van der Waals surface area contributed by atoms with Crippen molar-refractivity contribution in [2.75, 3.05) is 20.2 Å². The number of nitrogens with zero attached hydrogens (tertiary/aromatic N) is 7. The number of carbonyl (C=O) groups excluding carboxylic acids is 1. The van der Waals surface area contributed by atoms with Crippen molar-refractivity contribution in [2.45, 2.75) is 46.3 Å². The molecule has 0 unspecified atom stereocenters. The van der Waals surface area contributed by atoms with Gasteiger partial charge >= 0.3 is 0 Å². The van der Waals surface area contributed by atoms with Crippen LogP contribution in [-0.4, -0.2) is 60.7 Å². The van der Waals surface area contributed by atoms with Gasteiger partial charge in [-0.25, -0.2) is 0 Å². The van der Waals surface area contributed by atoms with Gasteiger partial charge in [0.15, 0.2) is 11.5 Å². The second-order valence-corrected chi connectivity index (χ2v) is 7.87. The zero-order valence-corrected chi connectivity index (χ0v) is 18.0. The first-order valence-electron chi connectivity index (χ1n) is 10.1. The number of fused-ring (bicyclic) bond motifs is 1. The number of carbonyl (C=O) groups is 1. The normalized spacial score (nSPS) is 13.7. The van der Waals surface area contributed by atoms with Gasteiger partial charge in [-0.3, -0.25) is 14.2 Å². The van der Waals surface area contributed by atoms with Gasteiger partial charge < -0.3 is 14.2 Å². The van der Waals surface area contributed by atoms with Crippen LogP contribution in [0.25, 0.3) is 11.6 Å². The van der Waals surface area contributed by atoms with Gasteiger partial charge in [-0.05, 0) is 20.8 Å². The molecule has 1 aliphatic heterocycles. The summed E-state index contributed by atoms with van der Waals surface area (Å²) in [6, 6.07) is 0.239. The molecule has 0 spiro atoms. The third-order valence-electron chi connectivity index (χ3n) is 5.49. The van der Waals surface area contributed by atoms with Crippen molar-refractivity contribution in [3.63, 3.8) is 0 Å². The summed E-state index contributed by atoms with van der Waals surface area (Å²) in [4.78, 5) is 18.8. The van der Waals surface area contributed by atoms with Crippen LogP contribution in [0.15, 0.2) is 10.7 Å². The lowest BCUT2D eigenvalue weighted by Gasteiger charge is -2.16. The molecular formula is C20H27N7O3. The Morgan fingerprint density at radius 3 is 2.87 bits per heavy atom. The topological polar surface area (TPSA) is 104 Å². The minimum atomic E-state index is -0.0776. The van der Waals surface area contributed by atoms with Gasteiger partial charge in [0, 0.05) is 56.5 Å². The van der Waals surface area contributed by atoms with E-state index in [4.69, 9.17) is 14.4 Å². The fourth-order valence-corrected chi connectivity index (χ4v) is 3.60. The van der Waals surface area contributed by atoms with E-state index in [1.807, 2.05) is 18.7 Å². The van der Waals surface area contributed by atoms with E-state index in [1.165, 1.54) is 5.69 Å². The van der Waals surface area contributed by atoms with Crippen LogP contribution in [0.5, 0.6) is 0 Å². The lowest BCUT2D eigenvalue weighted by atomic mass is 10.1. The van der Waals surface area contributed by atoms with Gasteiger partial charge in [-0.1, -0.05) is 5.16 Å². The first kappa shape index (κ1) is 20.3. The van der Waals surface area contributed by atoms with E-state index in [9.17, 15) is 4.79 Å². The second-order valence-electron chi connectivity index (χ2n) is 7.87. The van der Waals surface area contributed by atoms with Crippen molar-refractivity contribution in [1.29, 1.82) is 0 Å². The maximum atomic E-state index is 12.6. The van der Waals surface area contributed by atoms with Gasteiger partial charge in [0.05, 0.1) is 25.0 Å². The van der Waals surface area contributed by atoms with E-state index < -0.39 is 0 Å². The van der Waals surface area contributed by atoms with Crippen molar-refractivity contribution >= 4 is 5.91 Å². The van der Waals surface area contributed by atoms with Gasteiger partial charge in [0.25, 0.3) is 11.8 Å². The Balaban J connectivity index is 1.47. The molecule has 0 fully saturated rings. The van der Waals surface area contributed by atoms with Crippen molar-refractivity contribution in [3.05, 3.63) is 34.5 Å². The summed E-state index contributed by atoms with van der Waals surface area (Å²) >= 11 is 0. The number of hydrogen-bond acceptors (Lipinski definition) is 7. The molecule has 1 aliphatic rings. The summed E-state index contributed by atoms with van der Waals surface area (Å²) in [5.74, 6) is 0.853. The highest BCUT2D eigenvalue weighted by Gasteiger charge is 2.26. The molecule has 0 radical (unpaired) electrons. The molecule has 10 nitrogen and oxygen atoms in total. The number of ether oxygens (including phenoxy) is 1. The molecule has 3 aromatic heterocycles. The number of aryl methyl sites for hydroxylation is 1. The molecule has 4 heterocycles. The Kier molecular flexibility index (Phi) is 5.42. The highest BCUT2D eigenvalue weighted by Crippen LogP contribution is 2.30. The maximum absolute atomic E-state index is 12.6. The molecule has 0 saturated heterocycles. The third-order valence-corrected chi connectivity index (χ3v) is 5.49. The van der Waals surface area contributed by atoms with Crippen LogP contribution in [0.3, 0.4) is 0 Å². The number of aromatic nitrogens is 6. The van der Waals surface area contributed by atoms with E-state index in [-0.39, 0.29) is 11.9 Å². The smallest absolute Gasteiger partial charge is 0.278 e. The molecule has 0 bridgehead atoms. The summed E-state index contributed by atoms with van der Waals surface area (Å²) < 4.78 is 14.8. The molecule has 10 heteroatoms. The molecule has 160 valence electrons. The highest BCUT2D eigenvalue weighted by atomic mass is 16.5. The Morgan fingerprint density at radius 2 is 2.17 bits per heavy atom. The first-order valence-corrected chi connectivity index (χ1v) is 10.1. The van der Waals surface area contributed by atoms with E-state index in [0.717, 1.165) is 17.7 Å². The van der Waals surface area contributed by atoms with Crippen LogP contribution >= 0.6 is 0 Å². The van der Waals surface area contributed by atoms with Crippen LogP contribution in [-0.2, 0) is 31.2 Å². The molecule has 0 aliphatic carbocycles. The molecule has 0 saturated carbocycles. The molecular weight excluding hydrogens is 386 g/mol. The minimum Gasteiger partial charge on any atom is -0.376 e. The van der Waals surface area contributed by atoms with Gasteiger partial charge in [-0.15, -0.1) is 0 Å². The van der Waals surface area contributed by atoms with E-state index in [1.54, 1.807) is 22.8 Å². The molecule has 0 atom stereocenters. The van der Waals surface area contributed by atoms with Crippen molar-refractivity contribution in [3.8, 4) is 11.6 Å². The number of amides is 1. The van der Waals surface area contributed by atoms with Crippen LogP contribution in [0.4, 0.5) is 0 Å². The van der Waals surface area contributed by atoms with Crippen molar-refractivity contribution in [2.24, 2.45) is 7.05 Å². The summed E-state index contributed by atoms with van der Waals surface area (Å²) in [5.41, 5.74) is 4.31. The number of likely N-dealkylation sites (N-methyl/N-ethyl adjacent to an activating group) is 1. The average Bonchev–Trinajstić information content (AvgIpc) is 3.43. The summed E-state index contributed by atoms with van der Waals surface area (Å²) in [7, 11) is 3.57. The molecule has 4 rings (SSSR count). The number of rotatable bonds is 6.